The summed E-state index contributed by atoms with van der Waals surface area (Å²) in [5.74, 6) is 0. The maximum absolute atomic E-state index is 11.1. The Balaban J connectivity index is 2.04. The third kappa shape index (κ3) is 3.65. The highest BCUT2D eigenvalue weighted by molar-refractivity contribution is 8.14. The van der Waals surface area contributed by atoms with Gasteiger partial charge in [0.25, 0.3) is 0 Å². The Bertz CT molecular complexity index is 436. The van der Waals surface area contributed by atoms with Crippen molar-refractivity contribution in [3.05, 3.63) is 0 Å². The first-order chi connectivity index (χ1) is 10.5. The number of hydrogen-bond donors (Lipinski definition) is 4. The normalized spacial score (nSPS) is 36.0. The van der Waals surface area contributed by atoms with Gasteiger partial charge in [0.05, 0.1) is 12.6 Å². The molecule has 126 valence electrons. The predicted molar refractivity (Wildman–Crippen MR) is 83.1 cm³/mol. The lowest BCUT2D eigenvalue weighted by Crippen LogP contribution is -2.61. The maximum atomic E-state index is 11.1. The zero-order valence-corrected chi connectivity index (χ0v) is 13.5. The number of aliphatic hydroxyl groups excluding tert-OH is 2. The Hall–Kier alpha value is -1.03. The molecule has 0 bridgehead atoms. The van der Waals surface area contributed by atoms with Crippen LogP contribution in [0, 0.1) is 0 Å². The standard InChI is InChI=1S/C13H23N3O5S/c1-3-5-14-12-15-8-10(18)9(17)7(21-11(8)22-12)6-16(4-2)13(19)20/h7-11,17-18H,3-6H2,1-2H3,(H,14,15)(H,19,20)/t7-,8-,9-,10-,11-/m1/s1. The molecule has 0 unspecified atom stereocenters. The van der Waals surface area contributed by atoms with E-state index in [1.54, 1.807) is 6.92 Å². The van der Waals surface area contributed by atoms with Gasteiger partial charge in [0, 0.05) is 13.1 Å². The number of nitrogens with zero attached hydrogens (tertiary/aromatic N) is 2. The number of aliphatic hydroxyl groups is 2. The first-order valence-electron chi connectivity index (χ1n) is 7.45. The number of hydrogen-bond acceptors (Lipinski definition) is 6. The summed E-state index contributed by atoms with van der Waals surface area (Å²) >= 11 is 1.37. The molecule has 0 aliphatic carbocycles. The lowest BCUT2D eigenvalue weighted by atomic mass is 9.97. The molecule has 2 aliphatic heterocycles. The van der Waals surface area contributed by atoms with Crippen LogP contribution >= 0.6 is 11.8 Å². The van der Waals surface area contributed by atoms with Crippen LogP contribution in [0.4, 0.5) is 4.79 Å². The van der Waals surface area contributed by atoms with Crippen molar-refractivity contribution in [3.8, 4) is 0 Å². The van der Waals surface area contributed by atoms with Crippen LogP contribution in [0.2, 0.25) is 0 Å². The van der Waals surface area contributed by atoms with E-state index in [9.17, 15) is 15.0 Å². The Kier molecular flexibility index (Phi) is 5.90. The first-order valence-corrected chi connectivity index (χ1v) is 8.33. The van der Waals surface area contributed by atoms with E-state index < -0.39 is 30.4 Å². The van der Waals surface area contributed by atoms with Gasteiger partial charge in [-0.15, -0.1) is 0 Å². The fraction of sp³-hybridized carbons (Fsp3) is 0.846. The second-order valence-corrected chi connectivity index (χ2v) is 6.41. The van der Waals surface area contributed by atoms with Crippen LogP contribution in [0.15, 0.2) is 4.99 Å². The molecule has 0 aromatic rings. The highest BCUT2D eigenvalue weighted by Gasteiger charge is 2.49. The summed E-state index contributed by atoms with van der Waals surface area (Å²) in [5, 5.41) is 33.3. The van der Waals surface area contributed by atoms with Crippen molar-refractivity contribution >= 4 is 23.0 Å². The predicted octanol–water partition coefficient (Wildman–Crippen LogP) is -0.0960. The Morgan fingerprint density at radius 3 is 2.73 bits per heavy atom. The molecule has 2 saturated heterocycles. The third-order valence-corrected chi connectivity index (χ3v) is 4.86. The molecular formula is C13H23N3O5S. The average molecular weight is 333 g/mol. The Morgan fingerprint density at radius 1 is 1.41 bits per heavy atom. The summed E-state index contributed by atoms with van der Waals surface area (Å²) < 4.78 is 5.79. The smallest absolute Gasteiger partial charge is 0.407 e. The second kappa shape index (κ2) is 7.49. The summed E-state index contributed by atoms with van der Waals surface area (Å²) in [6.07, 6.45) is -3.09. The van der Waals surface area contributed by atoms with Crippen LogP contribution in [0.5, 0.6) is 0 Å². The fourth-order valence-electron chi connectivity index (χ4n) is 2.48. The van der Waals surface area contributed by atoms with E-state index in [2.05, 4.69) is 10.3 Å². The topological polar surface area (TPSA) is 115 Å². The van der Waals surface area contributed by atoms with Gasteiger partial charge in [0.1, 0.15) is 23.7 Å². The minimum absolute atomic E-state index is 0.0231. The van der Waals surface area contributed by atoms with Crippen LogP contribution in [-0.2, 0) is 4.74 Å². The van der Waals surface area contributed by atoms with E-state index in [1.165, 1.54) is 11.8 Å². The van der Waals surface area contributed by atoms with Crippen molar-refractivity contribution in [2.75, 3.05) is 19.6 Å². The van der Waals surface area contributed by atoms with Gasteiger partial charge in [-0.3, -0.25) is 4.99 Å². The van der Waals surface area contributed by atoms with E-state index in [4.69, 9.17) is 9.84 Å². The van der Waals surface area contributed by atoms with Crippen molar-refractivity contribution in [3.63, 3.8) is 0 Å². The van der Waals surface area contributed by atoms with Crippen LogP contribution < -0.4 is 5.32 Å². The number of ether oxygens (including phenoxy) is 1. The molecule has 8 nitrogen and oxygen atoms in total. The SMILES string of the molecule is CCCN=C1N[C@@H]2[C@@H](O)[C@H](O)[C@@H](CN(CC)C(=O)O)O[C@@H]2S1. The first kappa shape index (κ1) is 17.3. The molecule has 2 rings (SSSR count). The maximum Gasteiger partial charge on any atom is 0.407 e. The number of fused-ring (bicyclic) bond motifs is 1. The van der Waals surface area contributed by atoms with Crippen molar-refractivity contribution in [1.29, 1.82) is 0 Å². The number of amidine groups is 1. The lowest BCUT2D eigenvalue weighted by molar-refractivity contribution is -0.159. The second-order valence-electron chi connectivity index (χ2n) is 5.32. The Morgan fingerprint density at radius 2 is 2.14 bits per heavy atom. The van der Waals surface area contributed by atoms with Crippen LogP contribution in [0.1, 0.15) is 20.3 Å². The molecule has 9 heteroatoms. The van der Waals surface area contributed by atoms with Crippen LogP contribution in [0.3, 0.4) is 0 Å². The van der Waals surface area contributed by atoms with Crippen molar-refractivity contribution < 1.29 is 24.9 Å². The van der Waals surface area contributed by atoms with E-state index in [0.717, 1.165) is 11.3 Å². The van der Waals surface area contributed by atoms with Gasteiger partial charge in [0.15, 0.2) is 5.17 Å². The van der Waals surface area contributed by atoms with Gasteiger partial charge in [-0.2, -0.15) is 0 Å². The number of carbonyl (C=O) groups is 1. The van der Waals surface area contributed by atoms with E-state index in [1.807, 2.05) is 6.92 Å². The number of likely N-dealkylation sites (N-methyl/N-ethyl adjacent to an activating group) is 1. The summed E-state index contributed by atoms with van der Waals surface area (Å²) in [4.78, 5) is 16.6. The van der Waals surface area contributed by atoms with Gasteiger partial charge < -0.3 is 30.3 Å². The zero-order valence-electron chi connectivity index (χ0n) is 12.7. The number of aliphatic imine (C=N–C) groups is 1. The largest absolute Gasteiger partial charge is 0.465 e. The van der Waals surface area contributed by atoms with Crippen molar-refractivity contribution in [2.24, 2.45) is 4.99 Å². The molecule has 2 fully saturated rings. The minimum atomic E-state index is -1.15. The van der Waals surface area contributed by atoms with Crippen molar-refractivity contribution in [1.82, 2.24) is 10.2 Å². The molecular weight excluding hydrogens is 310 g/mol. The summed E-state index contributed by atoms with van der Waals surface area (Å²) in [6, 6.07) is -0.438. The molecule has 0 saturated carbocycles. The Labute approximate surface area is 133 Å². The molecule has 0 radical (unpaired) electrons. The highest BCUT2D eigenvalue weighted by Crippen LogP contribution is 2.34. The van der Waals surface area contributed by atoms with Gasteiger partial charge >= 0.3 is 6.09 Å². The van der Waals surface area contributed by atoms with Crippen molar-refractivity contribution in [2.45, 2.75) is 50.1 Å². The molecule has 2 aliphatic rings. The molecule has 2 heterocycles. The molecule has 0 aromatic heterocycles. The molecule has 1 amide bonds. The number of amides is 1. The van der Waals surface area contributed by atoms with Gasteiger partial charge in [0.2, 0.25) is 0 Å². The molecule has 4 N–H and O–H groups in total. The van der Waals surface area contributed by atoms with E-state index in [0.29, 0.717) is 18.3 Å². The average Bonchev–Trinajstić information content (AvgIpc) is 2.90. The number of rotatable bonds is 5. The van der Waals surface area contributed by atoms with Gasteiger partial charge in [-0.25, -0.2) is 4.79 Å². The quantitative estimate of drug-likeness (QED) is 0.555. The molecule has 5 atom stereocenters. The minimum Gasteiger partial charge on any atom is -0.465 e. The lowest BCUT2D eigenvalue weighted by Gasteiger charge is -2.40. The monoisotopic (exact) mass is 333 g/mol. The summed E-state index contributed by atoms with van der Waals surface area (Å²) in [5.41, 5.74) is -0.383. The fourth-order valence-corrected chi connectivity index (χ4v) is 3.64. The molecule has 0 spiro atoms. The van der Waals surface area contributed by atoms with E-state index in [-0.39, 0.29) is 12.0 Å². The summed E-state index contributed by atoms with van der Waals surface area (Å²) in [6.45, 7) is 4.73. The van der Waals surface area contributed by atoms with E-state index >= 15 is 0 Å². The van der Waals surface area contributed by atoms with Gasteiger partial charge in [-0.1, -0.05) is 18.7 Å². The highest BCUT2D eigenvalue weighted by atomic mass is 32.2. The third-order valence-electron chi connectivity index (χ3n) is 3.75. The molecule has 22 heavy (non-hydrogen) atoms. The molecule has 0 aromatic carbocycles. The van der Waals surface area contributed by atoms with Gasteiger partial charge in [-0.05, 0) is 13.3 Å². The van der Waals surface area contributed by atoms with Crippen LogP contribution in [0.25, 0.3) is 0 Å². The number of thioether (sulfide) groups is 1. The number of nitrogens with one attached hydrogen (secondary N) is 1. The summed E-state index contributed by atoms with van der Waals surface area (Å²) in [7, 11) is 0. The zero-order chi connectivity index (χ0) is 16.3. The van der Waals surface area contributed by atoms with Crippen LogP contribution in [-0.4, -0.2) is 80.9 Å². The number of carboxylic acid groups (broad SMARTS) is 1.